The second-order valence-corrected chi connectivity index (χ2v) is 6.33. The molecule has 0 aliphatic rings. The fourth-order valence-corrected chi connectivity index (χ4v) is 2.79. The van der Waals surface area contributed by atoms with Crippen molar-refractivity contribution in [1.82, 2.24) is 0 Å². The van der Waals surface area contributed by atoms with Crippen molar-refractivity contribution in [2.24, 2.45) is 0 Å². The van der Waals surface area contributed by atoms with Gasteiger partial charge in [0.1, 0.15) is 5.82 Å². The summed E-state index contributed by atoms with van der Waals surface area (Å²) in [5, 5.41) is 2.73. The average Bonchev–Trinajstić information content (AvgIpc) is 2.57. The normalized spacial score (nSPS) is 10.4. The van der Waals surface area contributed by atoms with Crippen LogP contribution in [0.4, 0.5) is 10.1 Å². The van der Waals surface area contributed by atoms with Gasteiger partial charge in [0.2, 0.25) is 0 Å². The maximum atomic E-state index is 13.4. The van der Waals surface area contributed by atoms with E-state index in [4.69, 9.17) is 9.47 Å². The van der Waals surface area contributed by atoms with Crippen molar-refractivity contribution >= 4 is 27.5 Å². The van der Waals surface area contributed by atoms with Gasteiger partial charge in [-0.3, -0.25) is 4.79 Å². The summed E-state index contributed by atoms with van der Waals surface area (Å²) in [4.78, 5) is 12.6. The van der Waals surface area contributed by atoms with E-state index >= 15 is 0 Å². The van der Waals surface area contributed by atoms with Crippen LogP contribution in [0, 0.1) is 12.7 Å². The van der Waals surface area contributed by atoms with Crippen LogP contribution in [0.15, 0.2) is 34.8 Å². The highest BCUT2D eigenvalue weighted by molar-refractivity contribution is 9.10. The summed E-state index contributed by atoms with van der Waals surface area (Å²) in [6.45, 7) is 6.67. The molecule has 0 radical (unpaired) electrons. The Labute approximate surface area is 155 Å². The molecule has 2 aromatic rings. The van der Waals surface area contributed by atoms with Crippen LogP contribution in [0.3, 0.4) is 0 Å². The van der Waals surface area contributed by atoms with Gasteiger partial charge in [0.25, 0.3) is 5.91 Å². The molecule has 4 nitrogen and oxygen atoms in total. The first-order chi connectivity index (χ1) is 12.0. The van der Waals surface area contributed by atoms with Gasteiger partial charge in [-0.2, -0.15) is 0 Å². The monoisotopic (exact) mass is 409 g/mol. The first-order valence-corrected chi connectivity index (χ1v) is 8.92. The number of carbonyl (C=O) groups excluding carboxylic acids is 1. The standard InChI is InChI=1S/C19H21BrFNO3/c1-4-8-25-18-15(20)9-13(10-17(18)24-5-2)19(23)22-16-11-14(21)7-6-12(16)3/h6-7,9-11H,4-5,8H2,1-3H3,(H,22,23). The Morgan fingerprint density at radius 2 is 1.96 bits per heavy atom. The van der Waals surface area contributed by atoms with E-state index in [1.165, 1.54) is 12.1 Å². The molecule has 0 saturated carbocycles. The number of nitrogens with one attached hydrogen (secondary N) is 1. The van der Waals surface area contributed by atoms with Crippen LogP contribution in [0.1, 0.15) is 36.2 Å². The number of hydrogen-bond acceptors (Lipinski definition) is 3. The molecule has 0 aliphatic carbocycles. The maximum absolute atomic E-state index is 13.4. The van der Waals surface area contributed by atoms with Gasteiger partial charge in [0, 0.05) is 11.3 Å². The van der Waals surface area contributed by atoms with E-state index in [0.717, 1.165) is 12.0 Å². The van der Waals surface area contributed by atoms with Crippen LogP contribution < -0.4 is 14.8 Å². The van der Waals surface area contributed by atoms with Gasteiger partial charge in [-0.1, -0.05) is 13.0 Å². The van der Waals surface area contributed by atoms with Gasteiger partial charge in [0.05, 0.1) is 17.7 Å². The molecule has 0 saturated heterocycles. The largest absolute Gasteiger partial charge is 0.490 e. The van der Waals surface area contributed by atoms with E-state index in [9.17, 15) is 9.18 Å². The Bertz CT molecular complexity index is 765. The maximum Gasteiger partial charge on any atom is 0.255 e. The molecule has 6 heteroatoms. The predicted octanol–water partition coefficient (Wildman–Crippen LogP) is 5.34. The molecule has 0 heterocycles. The molecule has 0 atom stereocenters. The number of benzene rings is 2. The SMILES string of the molecule is CCCOc1c(Br)cc(C(=O)Nc2cc(F)ccc2C)cc1OCC. The third kappa shape index (κ3) is 4.95. The summed E-state index contributed by atoms with van der Waals surface area (Å²) in [6.07, 6.45) is 0.860. The minimum absolute atomic E-state index is 0.350. The Morgan fingerprint density at radius 1 is 1.20 bits per heavy atom. The molecular weight excluding hydrogens is 389 g/mol. The second-order valence-electron chi connectivity index (χ2n) is 5.48. The zero-order valence-electron chi connectivity index (χ0n) is 14.5. The molecule has 0 aliphatic heterocycles. The smallest absolute Gasteiger partial charge is 0.255 e. The van der Waals surface area contributed by atoms with E-state index in [-0.39, 0.29) is 5.91 Å². The van der Waals surface area contributed by atoms with Gasteiger partial charge in [0.15, 0.2) is 11.5 Å². The third-order valence-corrected chi connectivity index (χ3v) is 4.06. The van der Waals surface area contributed by atoms with Crippen LogP contribution in [-0.2, 0) is 0 Å². The van der Waals surface area contributed by atoms with Crippen molar-refractivity contribution in [1.29, 1.82) is 0 Å². The van der Waals surface area contributed by atoms with E-state index in [1.807, 2.05) is 13.8 Å². The number of ether oxygens (including phenoxy) is 2. The fraction of sp³-hybridized carbons (Fsp3) is 0.316. The minimum Gasteiger partial charge on any atom is -0.490 e. The predicted molar refractivity (Wildman–Crippen MR) is 100 cm³/mol. The lowest BCUT2D eigenvalue weighted by Gasteiger charge is -2.15. The van der Waals surface area contributed by atoms with Crippen molar-refractivity contribution in [3.05, 3.63) is 51.7 Å². The quantitative estimate of drug-likeness (QED) is 0.671. The van der Waals surface area contributed by atoms with Crippen molar-refractivity contribution in [3.8, 4) is 11.5 Å². The second kappa shape index (κ2) is 8.85. The number of hydrogen-bond donors (Lipinski definition) is 1. The lowest BCUT2D eigenvalue weighted by Crippen LogP contribution is -2.14. The van der Waals surface area contributed by atoms with Crippen LogP contribution in [0.5, 0.6) is 11.5 Å². The Hall–Kier alpha value is -2.08. The molecule has 0 unspecified atom stereocenters. The zero-order chi connectivity index (χ0) is 18.4. The zero-order valence-corrected chi connectivity index (χ0v) is 16.1. The summed E-state index contributed by atoms with van der Waals surface area (Å²) >= 11 is 3.43. The summed E-state index contributed by atoms with van der Waals surface area (Å²) in [6, 6.07) is 7.56. The minimum atomic E-state index is -0.402. The molecule has 2 aromatic carbocycles. The van der Waals surface area contributed by atoms with Crippen molar-refractivity contribution in [2.45, 2.75) is 27.2 Å². The fourth-order valence-electron chi connectivity index (χ4n) is 2.23. The topological polar surface area (TPSA) is 47.6 Å². The lowest BCUT2D eigenvalue weighted by atomic mass is 10.1. The van der Waals surface area contributed by atoms with E-state index in [2.05, 4.69) is 21.2 Å². The molecule has 25 heavy (non-hydrogen) atoms. The number of rotatable bonds is 7. The van der Waals surface area contributed by atoms with E-state index in [1.54, 1.807) is 25.1 Å². The number of amides is 1. The van der Waals surface area contributed by atoms with Crippen molar-refractivity contribution in [3.63, 3.8) is 0 Å². The van der Waals surface area contributed by atoms with Crippen LogP contribution in [0.25, 0.3) is 0 Å². The van der Waals surface area contributed by atoms with Gasteiger partial charge in [-0.05, 0) is 66.0 Å². The molecule has 0 spiro atoms. The number of carbonyl (C=O) groups is 1. The lowest BCUT2D eigenvalue weighted by molar-refractivity contribution is 0.102. The molecule has 2 rings (SSSR count). The van der Waals surface area contributed by atoms with Crippen LogP contribution >= 0.6 is 15.9 Å². The van der Waals surface area contributed by atoms with Crippen molar-refractivity contribution in [2.75, 3.05) is 18.5 Å². The van der Waals surface area contributed by atoms with Gasteiger partial charge < -0.3 is 14.8 Å². The third-order valence-electron chi connectivity index (χ3n) is 3.47. The molecule has 1 amide bonds. The van der Waals surface area contributed by atoms with E-state index < -0.39 is 5.82 Å². The molecule has 1 N–H and O–H groups in total. The van der Waals surface area contributed by atoms with Gasteiger partial charge in [-0.25, -0.2) is 4.39 Å². The highest BCUT2D eigenvalue weighted by Gasteiger charge is 2.17. The first kappa shape index (κ1) is 19.2. The number of anilines is 1. The average molecular weight is 410 g/mol. The molecule has 0 bridgehead atoms. The first-order valence-electron chi connectivity index (χ1n) is 8.12. The molecule has 0 aromatic heterocycles. The summed E-state index contributed by atoms with van der Waals surface area (Å²) < 4.78 is 25.3. The number of aryl methyl sites for hydroxylation is 1. The molecular formula is C19H21BrFNO3. The van der Waals surface area contributed by atoms with Crippen LogP contribution in [-0.4, -0.2) is 19.1 Å². The van der Waals surface area contributed by atoms with Gasteiger partial charge >= 0.3 is 0 Å². The Kier molecular flexibility index (Phi) is 6.82. The summed E-state index contributed by atoms with van der Waals surface area (Å²) in [7, 11) is 0. The Morgan fingerprint density at radius 3 is 2.64 bits per heavy atom. The number of halogens is 2. The summed E-state index contributed by atoms with van der Waals surface area (Å²) in [5.41, 5.74) is 1.61. The Balaban J connectivity index is 2.31. The highest BCUT2D eigenvalue weighted by atomic mass is 79.9. The van der Waals surface area contributed by atoms with E-state index in [0.29, 0.717) is 40.4 Å². The van der Waals surface area contributed by atoms with Gasteiger partial charge in [-0.15, -0.1) is 0 Å². The van der Waals surface area contributed by atoms with Crippen LogP contribution in [0.2, 0.25) is 0 Å². The highest BCUT2D eigenvalue weighted by Crippen LogP contribution is 2.37. The van der Waals surface area contributed by atoms with Crippen molar-refractivity contribution < 1.29 is 18.7 Å². The molecule has 134 valence electrons. The molecule has 0 fully saturated rings. The summed E-state index contributed by atoms with van der Waals surface area (Å²) in [5.74, 6) is 0.311.